The van der Waals surface area contributed by atoms with Crippen molar-refractivity contribution in [1.82, 2.24) is 4.57 Å². The lowest BCUT2D eigenvalue weighted by molar-refractivity contribution is 0.0525. The van der Waals surface area contributed by atoms with Gasteiger partial charge in [-0.2, -0.15) is 0 Å². The fourth-order valence-corrected chi connectivity index (χ4v) is 2.91. The maximum atomic E-state index is 12.7. The highest BCUT2D eigenvalue weighted by atomic mass is 16.5. The van der Waals surface area contributed by atoms with Crippen LogP contribution < -0.4 is 16.6 Å². The van der Waals surface area contributed by atoms with Crippen LogP contribution in [0, 0.1) is 0 Å². The summed E-state index contributed by atoms with van der Waals surface area (Å²) in [6.45, 7) is 2.85. The lowest BCUT2D eigenvalue weighted by Gasteiger charge is -2.14. The van der Waals surface area contributed by atoms with Crippen LogP contribution in [-0.4, -0.2) is 17.1 Å². The Morgan fingerprint density at radius 3 is 2.54 bits per heavy atom. The molecule has 0 spiro atoms. The van der Waals surface area contributed by atoms with Gasteiger partial charge in [0.15, 0.2) is 0 Å². The zero-order valence-corrected chi connectivity index (χ0v) is 15.7. The van der Waals surface area contributed by atoms with Crippen LogP contribution in [0.4, 0.5) is 11.4 Å². The zero-order chi connectivity index (χ0) is 19.9. The summed E-state index contributed by atoms with van der Waals surface area (Å²) in [4.78, 5) is 24.8. The van der Waals surface area contributed by atoms with Crippen molar-refractivity contribution in [3.8, 4) is 0 Å². The highest BCUT2D eigenvalue weighted by Gasteiger charge is 2.14. The number of rotatable bonds is 7. The van der Waals surface area contributed by atoms with E-state index in [9.17, 15) is 9.59 Å². The fourth-order valence-electron chi connectivity index (χ4n) is 2.91. The van der Waals surface area contributed by atoms with E-state index in [1.165, 1.54) is 4.57 Å². The number of nitrogens with two attached hydrogens (primary N) is 1. The summed E-state index contributed by atoms with van der Waals surface area (Å²) < 4.78 is 6.58. The third-order valence-electron chi connectivity index (χ3n) is 4.38. The molecule has 6 heteroatoms. The number of carbonyl (C=O) groups is 1. The van der Waals surface area contributed by atoms with Crippen LogP contribution in [-0.2, 0) is 17.8 Å². The van der Waals surface area contributed by atoms with E-state index in [0.29, 0.717) is 30.0 Å². The molecule has 6 nitrogen and oxygen atoms in total. The van der Waals surface area contributed by atoms with Gasteiger partial charge in [0.05, 0.1) is 24.4 Å². The minimum Gasteiger partial charge on any atom is -0.462 e. The van der Waals surface area contributed by atoms with E-state index in [2.05, 4.69) is 5.32 Å². The van der Waals surface area contributed by atoms with E-state index < -0.39 is 5.97 Å². The lowest BCUT2D eigenvalue weighted by atomic mass is 10.1. The summed E-state index contributed by atoms with van der Waals surface area (Å²) in [5, 5.41) is 3.20. The molecule has 0 aliphatic rings. The molecule has 0 saturated heterocycles. The highest BCUT2D eigenvalue weighted by Crippen LogP contribution is 2.16. The van der Waals surface area contributed by atoms with Crippen LogP contribution in [0.2, 0.25) is 0 Å². The largest absolute Gasteiger partial charge is 0.462 e. The molecular weight excluding hydrogens is 354 g/mol. The van der Waals surface area contributed by atoms with Crippen molar-refractivity contribution in [3.05, 3.63) is 93.9 Å². The summed E-state index contributed by atoms with van der Waals surface area (Å²) >= 11 is 0. The van der Waals surface area contributed by atoms with Crippen molar-refractivity contribution in [3.63, 3.8) is 0 Å². The van der Waals surface area contributed by atoms with Gasteiger partial charge in [-0.15, -0.1) is 0 Å². The highest BCUT2D eigenvalue weighted by molar-refractivity contribution is 5.91. The molecule has 0 amide bonds. The second kappa shape index (κ2) is 8.90. The minimum absolute atomic E-state index is 0.145. The number of aromatic nitrogens is 1. The van der Waals surface area contributed by atoms with Gasteiger partial charge in [0.25, 0.3) is 5.56 Å². The SMILES string of the molecule is CCOC(=O)c1ccccc1Cn1ccc(NCc2ccccc2)c(N)c1=O. The molecule has 2 aromatic carbocycles. The standard InChI is InChI=1S/C22H23N3O3/c1-2-28-22(27)18-11-7-6-10-17(18)15-25-13-12-19(20(23)21(25)26)24-14-16-8-4-3-5-9-16/h3-13,24H,2,14-15,23H2,1H3. The maximum Gasteiger partial charge on any atom is 0.338 e. The molecule has 1 heterocycles. The first-order valence-corrected chi connectivity index (χ1v) is 9.12. The van der Waals surface area contributed by atoms with Crippen molar-refractivity contribution in [2.45, 2.75) is 20.0 Å². The molecule has 3 N–H and O–H groups in total. The van der Waals surface area contributed by atoms with Crippen LogP contribution in [0.3, 0.4) is 0 Å². The normalized spacial score (nSPS) is 10.5. The van der Waals surface area contributed by atoms with Gasteiger partial charge < -0.3 is 20.4 Å². The number of anilines is 2. The van der Waals surface area contributed by atoms with Gasteiger partial charge in [0, 0.05) is 12.7 Å². The third kappa shape index (κ3) is 4.40. The molecule has 144 valence electrons. The molecular formula is C22H23N3O3. The van der Waals surface area contributed by atoms with E-state index in [-0.39, 0.29) is 17.8 Å². The summed E-state index contributed by atoms with van der Waals surface area (Å²) in [5.41, 5.74) is 8.72. The summed E-state index contributed by atoms with van der Waals surface area (Å²) in [6, 6.07) is 18.7. The molecule has 3 rings (SSSR count). The number of nitrogens with zero attached hydrogens (tertiary/aromatic N) is 1. The van der Waals surface area contributed by atoms with E-state index in [4.69, 9.17) is 10.5 Å². The number of hydrogen-bond donors (Lipinski definition) is 2. The molecule has 28 heavy (non-hydrogen) atoms. The third-order valence-corrected chi connectivity index (χ3v) is 4.38. The number of carbonyl (C=O) groups excluding carboxylic acids is 1. The van der Waals surface area contributed by atoms with Crippen LogP contribution in [0.5, 0.6) is 0 Å². The molecule has 3 aromatic rings. The summed E-state index contributed by atoms with van der Waals surface area (Å²) in [5.74, 6) is -0.403. The molecule has 0 bridgehead atoms. The molecule has 0 saturated carbocycles. The maximum absolute atomic E-state index is 12.7. The minimum atomic E-state index is -0.403. The van der Waals surface area contributed by atoms with Crippen LogP contribution in [0.1, 0.15) is 28.4 Å². The number of nitrogens with one attached hydrogen (secondary N) is 1. The van der Waals surface area contributed by atoms with Gasteiger partial charge in [-0.05, 0) is 30.2 Å². The summed E-state index contributed by atoms with van der Waals surface area (Å²) in [7, 11) is 0. The molecule has 0 fully saturated rings. The van der Waals surface area contributed by atoms with Gasteiger partial charge in [0.2, 0.25) is 0 Å². The smallest absolute Gasteiger partial charge is 0.338 e. The Bertz CT molecular complexity index is 1010. The zero-order valence-electron chi connectivity index (χ0n) is 15.7. The van der Waals surface area contributed by atoms with Gasteiger partial charge in [0.1, 0.15) is 5.69 Å². The molecule has 0 atom stereocenters. The Morgan fingerprint density at radius 2 is 1.79 bits per heavy atom. The van der Waals surface area contributed by atoms with Crippen molar-refractivity contribution in [1.29, 1.82) is 0 Å². The number of hydrogen-bond acceptors (Lipinski definition) is 5. The van der Waals surface area contributed by atoms with E-state index in [1.54, 1.807) is 37.4 Å². The predicted octanol–water partition coefficient (Wildman–Crippen LogP) is 3.27. The van der Waals surface area contributed by atoms with Crippen molar-refractivity contribution < 1.29 is 9.53 Å². The van der Waals surface area contributed by atoms with Crippen LogP contribution >= 0.6 is 0 Å². The Morgan fingerprint density at radius 1 is 1.07 bits per heavy atom. The van der Waals surface area contributed by atoms with Crippen molar-refractivity contribution in [2.75, 3.05) is 17.7 Å². The number of benzene rings is 2. The molecule has 0 unspecified atom stereocenters. The van der Waals surface area contributed by atoms with Gasteiger partial charge in [-0.25, -0.2) is 4.79 Å². The second-order valence-electron chi connectivity index (χ2n) is 6.29. The monoisotopic (exact) mass is 377 g/mol. The van der Waals surface area contributed by atoms with Crippen LogP contribution in [0.25, 0.3) is 0 Å². The Hall–Kier alpha value is -3.54. The lowest BCUT2D eigenvalue weighted by Crippen LogP contribution is -2.25. The van der Waals surface area contributed by atoms with Gasteiger partial charge >= 0.3 is 5.97 Å². The first-order chi connectivity index (χ1) is 13.6. The van der Waals surface area contributed by atoms with E-state index >= 15 is 0 Å². The van der Waals surface area contributed by atoms with Gasteiger partial charge in [-0.1, -0.05) is 48.5 Å². The number of esters is 1. The topological polar surface area (TPSA) is 86.3 Å². The quantitative estimate of drug-likeness (QED) is 0.617. The molecule has 0 aliphatic heterocycles. The molecule has 0 radical (unpaired) electrons. The average molecular weight is 377 g/mol. The van der Waals surface area contributed by atoms with Crippen molar-refractivity contribution in [2.24, 2.45) is 0 Å². The number of ether oxygens (including phenoxy) is 1. The van der Waals surface area contributed by atoms with Gasteiger partial charge in [-0.3, -0.25) is 4.79 Å². The Kier molecular flexibility index (Phi) is 6.11. The number of pyridine rings is 1. The number of nitrogen functional groups attached to an aromatic ring is 1. The second-order valence-corrected chi connectivity index (χ2v) is 6.29. The van der Waals surface area contributed by atoms with Crippen LogP contribution in [0.15, 0.2) is 71.7 Å². The first-order valence-electron chi connectivity index (χ1n) is 9.12. The fraction of sp³-hybridized carbons (Fsp3) is 0.182. The first kappa shape index (κ1) is 19.2. The van der Waals surface area contributed by atoms with E-state index in [1.807, 2.05) is 36.4 Å². The average Bonchev–Trinajstić information content (AvgIpc) is 2.72. The van der Waals surface area contributed by atoms with E-state index in [0.717, 1.165) is 5.56 Å². The van der Waals surface area contributed by atoms with Crippen molar-refractivity contribution >= 4 is 17.3 Å². The molecule has 0 aliphatic carbocycles. The Balaban J connectivity index is 1.80. The Labute approximate surface area is 163 Å². The molecule has 1 aromatic heterocycles. The summed E-state index contributed by atoms with van der Waals surface area (Å²) in [6.07, 6.45) is 1.67. The predicted molar refractivity (Wildman–Crippen MR) is 110 cm³/mol.